The standard InChI is InChI=1S/C6H7N.Cu/c1-2-4-6-7-5-3-1;/h1-7H;. The van der Waals surface area contributed by atoms with Crippen LogP contribution < -0.4 is 5.32 Å². The molecular weight excluding hydrogens is 150 g/mol. The molecule has 1 aliphatic heterocycles. The summed E-state index contributed by atoms with van der Waals surface area (Å²) in [5.41, 5.74) is 0. The van der Waals surface area contributed by atoms with Crippen molar-refractivity contribution in [1.82, 2.24) is 5.32 Å². The normalized spacial score (nSPS) is 14.0. The van der Waals surface area contributed by atoms with Crippen LogP contribution in [0.1, 0.15) is 0 Å². The van der Waals surface area contributed by atoms with E-state index in [1.807, 2.05) is 36.7 Å². The van der Waals surface area contributed by atoms with Gasteiger partial charge in [0.2, 0.25) is 0 Å². The third kappa shape index (κ3) is 2.67. The first-order chi connectivity index (χ1) is 3.50. The summed E-state index contributed by atoms with van der Waals surface area (Å²) < 4.78 is 0. The summed E-state index contributed by atoms with van der Waals surface area (Å²) >= 11 is 0. The molecule has 1 heterocycles. The number of rotatable bonds is 0. The Morgan fingerprint density at radius 2 is 1.25 bits per heavy atom. The SMILES string of the molecule is C1=CC=CNC=C1.[Cu]. The van der Waals surface area contributed by atoms with Crippen molar-refractivity contribution < 1.29 is 17.1 Å². The molecule has 0 amide bonds. The minimum atomic E-state index is 0. The molecule has 1 radical (unpaired) electrons. The van der Waals surface area contributed by atoms with Gasteiger partial charge in [-0.25, -0.2) is 0 Å². The van der Waals surface area contributed by atoms with Crippen molar-refractivity contribution in [2.45, 2.75) is 0 Å². The first-order valence-electron chi connectivity index (χ1n) is 2.24. The molecule has 0 unspecified atom stereocenters. The molecule has 0 atom stereocenters. The van der Waals surface area contributed by atoms with Gasteiger partial charge in [0, 0.05) is 29.5 Å². The molecule has 1 rings (SSSR count). The second kappa shape index (κ2) is 4.69. The largest absolute Gasteiger partial charge is 0.368 e. The van der Waals surface area contributed by atoms with E-state index in [-0.39, 0.29) is 17.1 Å². The van der Waals surface area contributed by atoms with Crippen LogP contribution in [-0.2, 0) is 17.1 Å². The molecule has 8 heavy (non-hydrogen) atoms. The average Bonchev–Trinajstić information content (AvgIpc) is 1.90. The van der Waals surface area contributed by atoms with Crippen LogP contribution in [0.5, 0.6) is 0 Å². The van der Waals surface area contributed by atoms with Crippen LogP contribution >= 0.6 is 0 Å². The van der Waals surface area contributed by atoms with Crippen molar-refractivity contribution >= 4 is 0 Å². The van der Waals surface area contributed by atoms with Gasteiger partial charge in [0.15, 0.2) is 0 Å². The molecule has 0 fully saturated rings. The van der Waals surface area contributed by atoms with Crippen molar-refractivity contribution in [3.63, 3.8) is 0 Å². The van der Waals surface area contributed by atoms with E-state index in [2.05, 4.69) is 5.32 Å². The van der Waals surface area contributed by atoms with E-state index < -0.39 is 0 Å². The van der Waals surface area contributed by atoms with Crippen molar-refractivity contribution in [3.8, 4) is 0 Å². The van der Waals surface area contributed by atoms with Gasteiger partial charge in [0.05, 0.1) is 0 Å². The van der Waals surface area contributed by atoms with Gasteiger partial charge in [0.1, 0.15) is 0 Å². The van der Waals surface area contributed by atoms with Gasteiger partial charge in [-0.15, -0.1) is 0 Å². The van der Waals surface area contributed by atoms with Gasteiger partial charge in [0.25, 0.3) is 0 Å². The molecule has 0 bridgehead atoms. The Morgan fingerprint density at radius 3 is 1.75 bits per heavy atom. The van der Waals surface area contributed by atoms with Crippen LogP contribution in [0.4, 0.5) is 0 Å². The Kier molecular flexibility index (Phi) is 4.42. The zero-order valence-corrected chi connectivity index (χ0v) is 5.21. The summed E-state index contributed by atoms with van der Waals surface area (Å²) in [6, 6.07) is 0. The quantitative estimate of drug-likeness (QED) is 0.520. The van der Waals surface area contributed by atoms with Gasteiger partial charge in [-0.1, -0.05) is 12.2 Å². The Balaban J connectivity index is 0.000000490. The van der Waals surface area contributed by atoms with Crippen LogP contribution in [0, 0.1) is 0 Å². The fourth-order valence-electron chi connectivity index (χ4n) is 0.406. The average molecular weight is 157 g/mol. The van der Waals surface area contributed by atoms with Gasteiger partial charge in [-0.3, -0.25) is 0 Å². The molecule has 0 aromatic carbocycles. The van der Waals surface area contributed by atoms with Crippen LogP contribution in [0.25, 0.3) is 0 Å². The monoisotopic (exact) mass is 156 g/mol. The maximum absolute atomic E-state index is 2.92. The molecule has 0 saturated carbocycles. The molecule has 1 N–H and O–H groups in total. The van der Waals surface area contributed by atoms with E-state index >= 15 is 0 Å². The number of hydrogen-bond donors (Lipinski definition) is 1. The van der Waals surface area contributed by atoms with Crippen molar-refractivity contribution in [2.24, 2.45) is 0 Å². The van der Waals surface area contributed by atoms with Gasteiger partial charge >= 0.3 is 0 Å². The molecule has 47 valence electrons. The molecule has 0 aromatic heterocycles. The van der Waals surface area contributed by atoms with Crippen LogP contribution in [0.2, 0.25) is 0 Å². The van der Waals surface area contributed by atoms with Gasteiger partial charge in [-0.05, 0) is 12.2 Å². The zero-order valence-electron chi connectivity index (χ0n) is 4.27. The molecular formula is C6H7CuN. The second-order valence-corrected chi connectivity index (χ2v) is 1.27. The topological polar surface area (TPSA) is 12.0 Å². The Hall–Kier alpha value is -0.461. The molecule has 0 aromatic rings. The molecule has 2 heteroatoms. The molecule has 0 spiro atoms. The van der Waals surface area contributed by atoms with E-state index in [0.717, 1.165) is 0 Å². The number of allylic oxidation sites excluding steroid dienone is 4. The first-order valence-corrected chi connectivity index (χ1v) is 2.24. The summed E-state index contributed by atoms with van der Waals surface area (Å²) in [5, 5.41) is 2.92. The third-order valence-electron chi connectivity index (χ3n) is 0.718. The third-order valence-corrected chi connectivity index (χ3v) is 0.718. The molecule has 0 aliphatic carbocycles. The Bertz CT molecular complexity index is 110. The summed E-state index contributed by atoms with van der Waals surface area (Å²) in [6.45, 7) is 0. The molecule has 0 saturated heterocycles. The predicted molar refractivity (Wildman–Crippen MR) is 30.6 cm³/mol. The fourth-order valence-corrected chi connectivity index (χ4v) is 0.406. The van der Waals surface area contributed by atoms with E-state index in [4.69, 9.17) is 0 Å². The van der Waals surface area contributed by atoms with E-state index in [0.29, 0.717) is 0 Å². The minimum Gasteiger partial charge on any atom is -0.368 e. The summed E-state index contributed by atoms with van der Waals surface area (Å²) in [4.78, 5) is 0. The number of nitrogens with one attached hydrogen (secondary N) is 1. The van der Waals surface area contributed by atoms with Crippen molar-refractivity contribution in [1.29, 1.82) is 0 Å². The van der Waals surface area contributed by atoms with Crippen LogP contribution in [0.15, 0.2) is 36.7 Å². The number of hydrogen-bond acceptors (Lipinski definition) is 1. The predicted octanol–water partition coefficient (Wildman–Crippen LogP) is 1.17. The summed E-state index contributed by atoms with van der Waals surface area (Å²) in [5.74, 6) is 0. The maximum Gasteiger partial charge on any atom is 0.000442 e. The van der Waals surface area contributed by atoms with E-state index in [9.17, 15) is 0 Å². The second-order valence-electron chi connectivity index (χ2n) is 1.27. The fraction of sp³-hybridized carbons (Fsp3) is 0. The molecule has 1 aliphatic rings. The summed E-state index contributed by atoms with van der Waals surface area (Å²) in [7, 11) is 0. The van der Waals surface area contributed by atoms with Crippen molar-refractivity contribution in [2.75, 3.05) is 0 Å². The smallest absolute Gasteiger partial charge is 0.000442 e. The maximum atomic E-state index is 2.92. The van der Waals surface area contributed by atoms with Crippen LogP contribution in [0.3, 0.4) is 0 Å². The van der Waals surface area contributed by atoms with Gasteiger partial charge in [-0.2, -0.15) is 0 Å². The van der Waals surface area contributed by atoms with Gasteiger partial charge < -0.3 is 5.32 Å². The van der Waals surface area contributed by atoms with E-state index in [1.54, 1.807) is 0 Å². The minimum absolute atomic E-state index is 0. The Labute approximate surface area is 59.6 Å². The zero-order chi connectivity index (χ0) is 4.95. The molecule has 1 nitrogen and oxygen atoms in total. The Morgan fingerprint density at radius 1 is 0.750 bits per heavy atom. The van der Waals surface area contributed by atoms with Crippen LogP contribution in [-0.4, -0.2) is 0 Å². The summed E-state index contributed by atoms with van der Waals surface area (Å²) in [6.07, 6.45) is 11.6. The van der Waals surface area contributed by atoms with Crippen molar-refractivity contribution in [3.05, 3.63) is 36.7 Å². The first kappa shape index (κ1) is 7.54. The van der Waals surface area contributed by atoms with E-state index in [1.165, 1.54) is 0 Å².